The number of nitrogens with one attached hydrogen (secondary N) is 1. The molecule has 17 heavy (non-hydrogen) atoms. The number of halogens is 1. The van der Waals surface area contributed by atoms with Gasteiger partial charge in [-0.1, -0.05) is 24.3 Å². The first-order chi connectivity index (χ1) is 8.22. The van der Waals surface area contributed by atoms with Crippen LogP contribution >= 0.6 is 27.3 Å². The van der Waals surface area contributed by atoms with E-state index in [-0.39, 0.29) is 6.04 Å². The Labute approximate surface area is 114 Å². The van der Waals surface area contributed by atoms with E-state index in [1.165, 1.54) is 16.0 Å². The van der Waals surface area contributed by atoms with Gasteiger partial charge in [0.25, 0.3) is 0 Å². The van der Waals surface area contributed by atoms with Crippen LogP contribution in [0.4, 0.5) is 0 Å². The van der Waals surface area contributed by atoms with Gasteiger partial charge in [-0.15, -0.1) is 11.3 Å². The molecule has 0 aliphatic carbocycles. The van der Waals surface area contributed by atoms with E-state index in [1.54, 1.807) is 11.3 Å². The second kappa shape index (κ2) is 5.78. The molecule has 90 valence electrons. The second-order valence-corrected chi connectivity index (χ2v) is 5.78. The van der Waals surface area contributed by atoms with Gasteiger partial charge in [0.15, 0.2) is 0 Å². The Bertz CT molecular complexity index is 496. The van der Waals surface area contributed by atoms with Gasteiger partial charge in [0, 0.05) is 9.35 Å². The molecule has 4 heteroatoms. The molecule has 0 spiro atoms. The van der Waals surface area contributed by atoms with Crippen molar-refractivity contribution in [1.82, 2.24) is 5.43 Å². The molecule has 1 unspecified atom stereocenters. The number of hydrogen-bond acceptors (Lipinski definition) is 3. The maximum absolute atomic E-state index is 5.67. The summed E-state index contributed by atoms with van der Waals surface area (Å²) in [6.45, 7) is 2.13. The second-order valence-electron chi connectivity index (χ2n) is 3.98. The molecule has 2 rings (SSSR count). The Morgan fingerprint density at radius 3 is 2.71 bits per heavy atom. The van der Waals surface area contributed by atoms with Crippen molar-refractivity contribution in [2.75, 3.05) is 0 Å². The Balaban J connectivity index is 2.22. The molecule has 0 radical (unpaired) electrons. The summed E-state index contributed by atoms with van der Waals surface area (Å²) in [5.41, 5.74) is 5.54. The molecule has 0 bridgehead atoms. The predicted molar refractivity (Wildman–Crippen MR) is 77.0 cm³/mol. The highest BCUT2D eigenvalue weighted by molar-refractivity contribution is 9.10. The Hall–Kier alpha value is -0.680. The molecular weight excluding hydrogens is 296 g/mol. The lowest BCUT2D eigenvalue weighted by atomic mass is 10.0. The number of aryl methyl sites for hydroxylation is 1. The van der Waals surface area contributed by atoms with Crippen LogP contribution in [0.5, 0.6) is 0 Å². The third-order valence-electron chi connectivity index (χ3n) is 2.85. The van der Waals surface area contributed by atoms with Crippen LogP contribution in [-0.4, -0.2) is 0 Å². The van der Waals surface area contributed by atoms with Crippen LogP contribution in [0, 0.1) is 6.92 Å². The first kappa shape index (κ1) is 12.8. The van der Waals surface area contributed by atoms with Crippen LogP contribution in [0.2, 0.25) is 0 Å². The van der Waals surface area contributed by atoms with Gasteiger partial charge in [0.1, 0.15) is 0 Å². The van der Waals surface area contributed by atoms with Gasteiger partial charge in [-0.05, 0) is 51.8 Å². The van der Waals surface area contributed by atoms with Crippen LogP contribution < -0.4 is 11.3 Å². The van der Waals surface area contributed by atoms with Crippen LogP contribution in [0.25, 0.3) is 0 Å². The van der Waals surface area contributed by atoms with E-state index in [9.17, 15) is 0 Å². The molecule has 0 amide bonds. The number of benzene rings is 1. The number of hydrazine groups is 1. The molecule has 0 fully saturated rings. The first-order valence-electron chi connectivity index (χ1n) is 5.46. The van der Waals surface area contributed by atoms with Crippen molar-refractivity contribution >= 4 is 27.3 Å². The third-order valence-corrected chi connectivity index (χ3v) is 4.83. The maximum Gasteiger partial charge on any atom is 0.0604 e. The summed E-state index contributed by atoms with van der Waals surface area (Å²) in [5.74, 6) is 5.67. The van der Waals surface area contributed by atoms with Crippen molar-refractivity contribution in [3.63, 3.8) is 0 Å². The lowest BCUT2D eigenvalue weighted by molar-refractivity contribution is 0.558. The number of nitrogens with two attached hydrogens (primary N) is 1. The standard InChI is InChI=1S/C13H15BrN2S/c1-9-4-2-3-5-10(9)8-12(16-15)13-11(14)6-7-17-13/h2-7,12,16H,8,15H2,1H3. The summed E-state index contributed by atoms with van der Waals surface area (Å²) < 4.78 is 1.12. The summed E-state index contributed by atoms with van der Waals surface area (Å²) in [6, 6.07) is 10.6. The normalized spacial score (nSPS) is 12.6. The molecule has 0 saturated carbocycles. The maximum atomic E-state index is 5.67. The Morgan fingerprint density at radius 1 is 1.35 bits per heavy atom. The average molecular weight is 311 g/mol. The van der Waals surface area contributed by atoms with Crippen LogP contribution in [0.3, 0.4) is 0 Å². The lowest BCUT2D eigenvalue weighted by Crippen LogP contribution is -2.29. The van der Waals surface area contributed by atoms with Crippen LogP contribution in [0.1, 0.15) is 22.0 Å². The highest BCUT2D eigenvalue weighted by Gasteiger charge is 2.15. The quantitative estimate of drug-likeness (QED) is 0.669. The van der Waals surface area contributed by atoms with Gasteiger partial charge < -0.3 is 0 Å². The van der Waals surface area contributed by atoms with Crippen molar-refractivity contribution in [2.24, 2.45) is 5.84 Å². The molecule has 1 atom stereocenters. The fourth-order valence-corrected chi connectivity index (χ4v) is 3.55. The molecule has 1 aromatic carbocycles. The number of rotatable bonds is 4. The fraction of sp³-hybridized carbons (Fsp3) is 0.231. The minimum absolute atomic E-state index is 0.158. The summed E-state index contributed by atoms with van der Waals surface area (Å²) >= 11 is 5.27. The van der Waals surface area contributed by atoms with Crippen molar-refractivity contribution < 1.29 is 0 Å². The smallest absolute Gasteiger partial charge is 0.0604 e. The van der Waals surface area contributed by atoms with Gasteiger partial charge in [0.05, 0.1) is 6.04 Å². The summed E-state index contributed by atoms with van der Waals surface area (Å²) in [4.78, 5) is 1.25. The Kier molecular flexibility index (Phi) is 4.34. The lowest BCUT2D eigenvalue weighted by Gasteiger charge is -2.16. The van der Waals surface area contributed by atoms with E-state index in [4.69, 9.17) is 5.84 Å². The fourth-order valence-electron chi connectivity index (χ4n) is 1.84. The van der Waals surface area contributed by atoms with E-state index >= 15 is 0 Å². The van der Waals surface area contributed by atoms with Crippen molar-refractivity contribution in [3.8, 4) is 0 Å². The van der Waals surface area contributed by atoms with Crippen LogP contribution in [-0.2, 0) is 6.42 Å². The minimum Gasteiger partial charge on any atom is -0.271 e. The van der Waals surface area contributed by atoms with Crippen molar-refractivity contribution in [2.45, 2.75) is 19.4 Å². The molecule has 1 heterocycles. The number of hydrogen-bond donors (Lipinski definition) is 2. The van der Waals surface area contributed by atoms with Crippen molar-refractivity contribution in [3.05, 3.63) is 56.2 Å². The third kappa shape index (κ3) is 2.96. The summed E-state index contributed by atoms with van der Waals surface area (Å²) in [6.07, 6.45) is 0.905. The molecule has 0 aliphatic heterocycles. The van der Waals surface area contributed by atoms with Gasteiger partial charge in [-0.3, -0.25) is 11.3 Å². The molecule has 2 nitrogen and oxygen atoms in total. The molecule has 3 N–H and O–H groups in total. The average Bonchev–Trinajstić information content (AvgIpc) is 2.75. The van der Waals surface area contributed by atoms with Gasteiger partial charge in [-0.25, -0.2) is 0 Å². The van der Waals surface area contributed by atoms with Gasteiger partial charge in [0.2, 0.25) is 0 Å². The van der Waals surface area contributed by atoms with E-state index in [2.05, 4.69) is 64.0 Å². The monoisotopic (exact) mass is 310 g/mol. The van der Waals surface area contributed by atoms with E-state index < -0.39 is 0 Å². The zero-order valence-corrected chi connectivity index (χ0v) is 12.0. The van der Waals surface area contributed by atoms with E-state index in [1.807, 2.05) is 0 Å². The predicted octanol–water partition coefficient (Wildman–Crippen LogP) is 3.57. The molecular formula is C13H15BrN2S. The SMILES string of the molecule is Cc1ccccc1CC(NN)c1sccc1Br. The van der Waals surface area contributed by atoms with E-state index in [0.29, 0.717) is 0 Å². The summed E-state index contributed by atoms with van der Waals surface area (Å²) in [7, 11) is 0. The minimum atomic E-state index is 0.158. The number of thiophene rings is 1. The van der Waals surface area contributed by atoms with Crippen molar-refractivity contribution in [1.29, 1.82) is 0 Å². The highest BCUT2D eigenvalue weighted by Crippen LogP contribution is 2.31. The molecule has 2 aromatic rings. The molecule has 0 aliphatic rings. The van der Waals surface area contributed by atoms with Gasteiger partial charge in [-0.2, -0.15) is 0 Å². The molecule has 1 aromatic heterocycles. The largest absolute Gasteiger partial charge is 0.271 e. The van der Waals surface area contributed by atoms with E-state index in [0.717, 1.165) is 10.9 Å². The van der Waals surface area contributed by atoms with Gasteiger partial charge >= 0.3 is 0 Å². The summed E-state index contributed by atoms with van der Waals surface area (Å²) in [5, 5.41) is 2.07. The van der Waals surface area contributed by atoms with Crippen LogP contribution in [0.15, 0.2) is 40.2 Å². The molecule has 0 saturated heterocycles. The zero-order valence-electron chi connectivity index (χ0n) is 9.61. The zero-order chi connectivity index (χ0) is 12.3. The topological polar surface area (TPSA) is 38.0 Å². The Morgan fingerprint density at radius 2 is 2.12 bits per heavy atom. The highest BCUT2D eigenvalue weighted by atomic mass is 79.9. The first-order valence-corrected chi connectivity index (χ1v) is 7.13.